The molecule has 1 aliphatic carbocycles. The van der Waals surface area contributed by atoms with Gasteiger partial charge in [-0.1, -0.05) is 56.0 Å². The Morgan fingerprint density at radius 1 is 1.29 bits per heavy atom. The number of benzene rings is 1. The minimum atomic E-state index is -0.210. The Labute approximate surface area is 179 Å². The zero-order valence-electron chi connectivity index (χ0n) is 17.3. The maximum Gasteiger partial charge on any atom is 0.230 e. The summed E-state index contributed by atoms with van der Waals surface area (Å²) in [7, 11) is 1.41. The number of rotatable bonds is 8. The van der Waals surface area contributed by atoms with Crippen LogP contribution in [0.3, 0.4) is 0 Å². The Morgan fingerprint density at radius 2 is 2.07 bits per heavy atom. The van der Waals surface area contributed by atoms with Gasteiger partial charge in [0.2, 0.25) is 5.91 Å². The molecule has 0 bridgehead atoms. The fourth-order valence-electron chi connectivity index (χ4n) is 4.65. The van der Waals surface area contributed by atoms with Crippen molar-refractivity contribution in [3.63, 3.8) is 0 Å². The largest absolute Gasteiger partial charge is 0.378 e. The predicted octanol–water partition coefficient (Wildman–Crippen LogP) is 6.67. The lowest BCUT2D eigenvalue weighted by atomic mass is 9.69. The fourth-order valence-corrected chi connectivity index (χ4v) is 5.51. The molecule has 1 aliphatic heterocycles. The normalized spacial score (nSPS) is 21.8. The molecule has 1 heterocycles. The van der Waals surface area contributed by atoms with Gasteiger partial charge in [-0.05, 0) is 56.1 Å². The Balaban J connectivity index is 1.82. The molecule has 1 saturated heterocycles. The molecule has 1 saturated carbocycles. The van der Waals surface area contributed by atoms with E-state index in [9.17, 15) is 4.79 Å². The van der Waals surface area contributed by atoms with Crippen LogP contribution in [0.15, 0.2) is 23.1 Å². The molecule has 1 aromatic carbocycles. The summed E-state index contributed by atoms with van der Waals surface area (Å²) in [5, 5.41) is 3.37. The zero-order valence-corrected chi connectivity index (χ0v) is 19.0. The molecule has 5 heteroatoms. The van der Waals surface area contributed by atoms with Gasteiger partial charge in [0, 0.05) is 23.3 Å². The molecule has 1 amide bonds. The summed E-state index contributed by atoms with van der Waals surface area (Å²) in [4.78, 5) is 14.6. The minimum Gasteiger partial charge on any atom is -0.378 e. The van der Waals surface area contributed by atoms with Gasteiger partial charge in [-0.3, -0.25) is 4.79 Å². The second-order valence-electron chi connectivity index (χ2n) is 8.95. The maximum absolute atomic E-state index is 13.6. The van der Waals surface area contributed by atoms with E-state index in [0.29, 0.717) is 5.92 Å². The van der Waals surface area contributed by atoms with Gasteiger partial charge in [0.15, 0.2) is 0 Å². The lowest BCUT2D eigenvalue weighted by Crippen LogP contribution is -2.38. The quantitative estimate of drug-likeness (QED) is 0.364. The molecule has 28 heavy (non-hydrogen) atoms. The first-order valence-electron chi connectivity index (χ1n) is 10.9. The monoisotopic (exact) mass is 421 g/mol. The minimum absolute atomic E-state index is 0.210. The summed E-state index contributed by atoms with van der Waals surface area (Å²) < 4.78 is 5.85. The van der Waals surface area contributed by atoms with Crippen LogP contribution in [0, 0.1) is 11.3 Å². The summed E-state index contributed by atoms with van der Waals surface area (Å²) >= 11 is 4.45. The number of ether oxygens (including phenoxy) is 1. The van der Waals surface area contributed by atoms with Gasteiger partial charge in [0.25, 0.3) is 0 Å². The molecular weight excluding hydrogens is 386 g/mol. The first-order chi connectivity index (χ1) is 13.5. The molecule has 2 aliphatic rings. The highest BCUT2D eigenvalue weighted by Crippen LogP contribution is 2.43. The van der Waals surface area contributed by atoms with Crippen LogP contribution in [0.2, 0.25) is 0 Å². The van der Waals surface area contributed by atoms with Crippen LogP contribution in [0.25, 0.3) is 0 Å². The van der Waals surface area contributed by atoms with Crippen LogP contribution in [0.1, 0.15) is 77.2 Å². The third kappa shape index (κ3) is 5.48. The Morgan fingerprint density at radius 3 is 2.71 bits per heavy atom. The van der Waals surface area contributed by atoms with Crippen molar-refractivity contribution in [2.45, 2.75) is 89.1 Å². The number of carbonyl (C=O) groups excluding carboxylic acids is 1. The molecule has 3 nitrogen and oxygen atoms in total. The van der Waals surface area contributed by atoms with Gasteiger partial charge >= 0.3 is 0 Å². The summed E-state index contributed by atoms with van der Waals surface area (Å²) in [6.07, 6.45) is 11.1. The van der Waals surface area contributed by atoms with Crippen molar-refractivity contribution < 1.29 is 9.53 Å². The van der Waals surface area contributed by atoms with Gasteiger partial charge in [-0.2, -0.15) is 0 Å². The van der Waals surface area contributed by atoms with Crippen LogP contribution in [0.4, 0.5) is 5.69 Å². The van der Waals surface area contributed by atoms with E-state index in [4.69, 9.17) is 4.74 Å². The smallest absolute Gasteiger partial charge is 0.230 e. The van der Waals surface area contributed by atoms with Crippen molar-refractivity contribution in [1.29, 1.82) is 0 Å². The van der Waals surface area contributed by atoms with Crippen molar-refractivity contribution >= 4 is 34.0 Å². The van der Waals surface area contributed by atoms with Crippen LogP contribution >= 0.6 is 22.5 Å². The van der Waals surface area contributed by atoms with Gasteiger partial charge in [0.05, 0.1) is 11.8 Å². The van der Waals surface area contributed by atoms with E-state index < -0.39 is 0 Å². The number of carbonyl (C=O) groups is 1. The van der Waals surface area contributed by atoms with E-state index >= 15 is 0 Å². The van der Waals surface area contributed by atoms with Crippen molar-refractivity contribution in [1.82, 2.24) is 0 Å². The molecule has 0 spiro atoms. The second-order valence-corrected chi connectivity index (χ2v) is 10.1. The van der Waals surface area contributed by atoms with Crippen molar-refractivity contribution in [3.8, 4) is 0 Å². The Hall–Kier alpha value is -0.650. The third-order valence-electron chi connectivity index (χ3n) is 6.41. The summed E-state index contributed by atoms with van der Waals surface area (Å²) in [5.41, 5.74) is 1.92. The molecule has 156 valence electrons. The summed E-state index contributed by atoms with van der Waals surface area (Å²) in [6, 6.07) is 6.24. The molecule has 1 atom stereocenters. The third-order valence-corrected chi connectivity index (χ3v) is 7.54. The Bertz CT molecular complexity index is 650. The van der Waals surface area contributed by atoms with E-state index in [1.54, 1.807) is 0 Å². The molecule has 2 fully saturated rings. The first-order valence-corrected chi connectivity index (χ1v) is 12.8. The van der Waals surface area contributed by atoms with E-state index in [1.165, 1.54) is 22.8 Å². The number of amides is 1. The van der Waals surface area contributed by atoms with Gasteiger partial charge in [-0.25, -0.2) is 0 Å². The number of nitrogens with one attached hydrogen (secondary N) is 1. The van der Waals surface area contributed by atoms with E-state index in [1.807, 2.05) is 6.07 Å². The number of hydrogen-bond donors (Lipinski definition) is 2. The topological polar surface area (TPSA) is 38.3 Å². The lowest BCUT2D eigenvalue weighted by molar-refractivity contribution is -0.128. The standard InChI is InChI=1S/C23H35NO2S2/c1-17(2)11-14-23(12-4-3-5-13-23)22(25)24-21-18(8-6-10-20(21)28-27)16-19-9-7-15-26-19/h6,8,10,17,19,27H,3-5,7,9,11-16H2,1-2H3,(H,24,25). The van der Waals surface area contributed by atoms with Crippen LogP contribution < -0.4 is 5.32 Å². The second kappa shape index (κ2) is 10.4. The highest BCUT2D eigenvalue weighted by molar-refractivity contribution is 8.68. The number of para-hydroxylation sites is 1. The van der Waals surface area contributed by atoms with Gasteiger partial charge in [-0.15, -0.1) is 11.7 Å². The summed E-state index contributed by atoms with van der Waals surface area (Å²) in [6.45, 7) is 5.35. The highest BCUT2D eigenvalue weighted by Gasteiger charge is 2.39. The lowest BCUT2D eigenvalue weighted by Gasteiger charge is -2.37. The predicted molar refractivity (Wildman–Crippen MR) is 122 cm³/mol. The first kappa shape index (κ1) is 22.0. The van der Waals surface area contributed by atoms with E-state index in [-0.39, 0.29) is 17.4 Å². The molecule has 1 unspecified atom stereocenters. The van der Waals surface area contributed by atoms with Crippen LogP contribution in [-0.4, -0.2) is 18.6 Å². The number of hydrogen-bond acceptors (Lipinski definition) is 4. The van der Waals surface area contributed by atoms with Crippen molar-refractivity contribution in [3.05, 3.63) is 23.8 Å². The molecule has 1 aromatic rings. The van der Waals surface area contributed by atoms with Gasteiger partial charge in [0.1, 0.15) is 0 Å². The highest BCUT2D eigenvalue weighted by atomic mass is 33.1. The average molecular weight is 422 g/mol. The van der Waals surface area contributed by atoms with Gasteiger partial charge < -0.3 is 10.1 Å². The van der Waals surface area contributed by atoms with Crippen molar-refractivity contribution in [2.75, 3.05) is 11.9 Å². The number of anilines is 1. The van der Waals surface area contributed by atoms with Crippen molar-refractivity contribution in [2.24, 2.45) is 11.3 Å². The molecule has 0 radical (unpaired) electrons. The maximum atomic E-state index is 13.6. The molecule has 0 aromatic heterocycles. The van der Waals surface area contributed by atoms with E-state index in [2.05, 4.69) is 43.0 Å². The SMILES string of the molecule is CC(C)CCC1(C(=O)Nc2c(CC3CCCO3)cccc2SS)CCCCC1. The van der Waals surface area contributed by atoms with E-state index in [0.717, 1.165) is 75.0 Å². The summed E-state index contributed by atoms with van der Waals surface area (Å²) in [5.74, 6) is 0.846. The van der Waals surface area contributed by atoms with Crippen LogP contribution in [-0.2, 0) is 16.0 Å². The zero-order chi connectivity index (χ0) is 20.0. The molecule has 3 rings (SSSR count). The number of thiol groups is 1. The fraction of sp³-hybridized carbons (Fsp3) is 0.696. The Kier molecular flexibility index (Phi) is 8.19. The average Bonchev–Trinajstić information content (AvgIpc) is 3.21. The van der Waals surface area contributed by atoms with Crippen LogP contribution in [0.5, 0.6) is 0 Å². The molecule has 1 N–H and O–H groups in total. The molecular formula is C23H35NO2S2.